The van der Waals surface area contributed by atoms with Crippen LogP contribution in [-0.4, -0.2) is 10.2 Å². The maximum Gasteiger partial charge on any atom is 0.277 e. The molecular formula is C17H15FN2OS. The second kappa shape index (κ2) is 6.32. The minimum Gasteiger partial charge on any atom is -0.411 e. The Bertz CT molecular complexity index is 781. The Morgan fingerprint density at radius 3 is 2.50 bits per heavy atom. The lowest BCUT2D eigenvalue weighted by molar-refractivity contribution is 0.465. The minimum atomic E-state index is -0.218. The minimum absolute atomic E-state index is 0.218. The molecule has 1 heterocycles. The first-order valence-corrected chi connectivity index (χ1v) is 7.89. The molecule has 0 fully saturated rings. The molecule has 3 nitrogen and oxygen atoms in total. The highest BCUT2D eigenvalue weighted by molar-refractivity contribution is 7.98. The third-order valence-electron chi connectivity index (χ3n) is 3.18. The number of rotatable bonds is 4. The van der Waals surface area contributed by atoms with Gasteiger partial charge in [0.1, 0.15) is 5.82 Å². The molecule has 0 saturated carbocycles. The van der Waals surface area contributed by atoms with E-state index >= 15 is 0 Å². The Balaban J connectivity index is 1.75. The summed E-state index contributed by atoms with van der Waals surface area (Å²) < 4.78 is 19.2. The zero-order valence-electron chi connectivity index (χ0n) is 12.3. The second-order valence-electron chi connectivity index (χ2n) is 5.13. The van der Waals surface area contributed by atoms with Crippen LogP contribution in [0.4, 0.5) is 4.39 Å². The summed E-state index contributed by atoms with van der Waals surface area (Å²) in [6.45, 7) is 4.06. The van der Waals surface area contributed by atoms with Crippen molar-refractivity contribution in [3.8, 4) is 11.5 Å². The highest BCUT2D eigenvalue weighted by Crippen LogP contribution is 2.27. The normalized spacial score (nSPS) is 10.9. The van der Waals surface area contributed by atoms with Gasteiger partial charge >= 0.3 is 0 Å². The first kappa shape index (κ1) is 14.8. The topological polar surface area (TPSA) is 38.9 Å². The van der Waals surface area contributed by atoms with Crippen molar-refractivity contribution in [3.05, 3.63) is 65.0 Å². The molecule has 3 aromatic rings. The number of thioether (sulfide) groups is 1. The summed E-state index contributed by atoms with van der Waals surface area (Å²) in [4.78, 5) is 0. The van der Waals surface area contributed by atoms with Crippen molar-refractivity contribution in [2.45, 2.75) is 24.8 Å². The van der Waals surface area contributed by atoms with E-state index in [2.05, 4.69) is 16.3 Å². The average Bonchev–Trinajstić information content (AvgIpc) is 2.94. The number of aromatic nitrogens is 2. The molecule has 3 rings (SSSR count). The molecule has 0 bridgehead atoms. The van der Waals surface area contributed by atoms with Gasteiger partial charge in [-0.15, -0.1) is 10.2 Å². The van der Waals surface area contributed by atoms with Crippen LogP contribution in [0, 0.1) is 19.7 Å². The average molecular weight is 314 g/mol. The summed E-state index contributed by atoms with van der Waals surface area (Å²) in [5.74, 6) is 0.730. The van der Waals surface area contributed by atoms with Crippen LogP contribution in [0.1, 0.15) is 16.7 Å². The standard InChI is InChI=1S/C17H15FN2OS/c1-11-7-12(2)9-14(8-11)16-19-20-17(21-16)22-10-13-5-3-4-6-15(13)18/h3-9H,10H2,1-2H3. The number of hydrogen-bond donors (Lipinski definition) is 0. The maximum absolute atomic E-state index is 13.6. The molecule has 112 valence electrons. The van der Waals surface area contributed by atoms with Gasteiger partial charge < -0.3 is 4.42 Å². The van der Waals surface area contributed by atoms with Gasteiger partial charge in [-0.05, 0) is 37.6 Å². The van der Waals surface area contributed by atoms with E-state index in [0.29, 0.717) is 22.4 Å². The van der Waals surface area contributed by atoms with Crippen molar-refractivity contribution >= 4 is 11.8 Å². The molecule has 5 heteroatoms. The number of nitrogens with zero attached hydrogens (tertiary/aromatic N) is 2. The van der Waals surface area contributed by atoms with Crippen LogP contribution in [0.2, 0.25) is 0 Å². The van der Waals surface area contributed by atoms with Gasteiger partial charge in [0, 0.05) is 11.3 Å². The molecule has 0 aliphatic rings. The van der Waals surface area contributed by atoms with Crippen LogP contribution >= 0.6 is 11.8 Å². The quantitative estimate of drug-likeness (QED) is 0.649. The molecule has 0 amide bonds. The number of aryl methyl sites for hydroxylation is 2. The summed E-state index contributed by atoms with van der Waals surface area (Å²) >= 11 is 1.33. The summed E-state index contributed by atoms with van der Waals surface area (Å²) in [6, 6.07) is 12.8. The Labute approximate surface area is 132 Å². The lowest BCUT2D eigenvalue weighted by atomic mass is 10.1. The zero-order valence-corrected chi connectivity index (χ0v) is 13.2. The summed E-state index contributed by atoms with van der Waals surface area (Å²) in [7, 11) is 0. The Hall–Kier alpha value is -2.14. The van der Waals surface area contributed by atoms with Crippen LogP contribution in [-0.2, 0) is 5.75 Å². The van der Waals surface area contributed by atoms with Crippen molar-refractivity contribution < 1.29 is 8.81 Å². The van der Waals surface area contributed by atoms with Gasteiger partial charge in [-0.3, -0.25) is 0 Å². The predicted octanol–water partition coefficient (Wildman–Crippen LogP) is 4.78. The Morgan fingerprint density at radius 2 is 1.77 bits per heavy atom. The van der Waals surface area contributed by atoms with Crippen molar-refractivity contribution in [2.24, 2.45) is 0 Å². The predicted molar refractivity (Wildman–Crippen MR) is 85.2 cm³/mol. The summed E-state index contributed by atoms with van der Waals surface area (Å²) in [5.41, 5.74) is 3.82. The monoisotopic (exact) mass is 314 g/mol. The van der Waals surface area contributed by atoms with Gasteiger partial charge in [0.2, 0.25) is 5.89 Å². The Kier molecular flexibility index (Phi) is 4.24. The van der Waals surface area contributed by atoms with E-state index in [0.717, 1.165) is 16.7 Å². The number of benzene rings is 2. The lowest BCUT2D eigenvalue weighted by Gasteiger charge is -2.00. The molecule has 0 N–H and O–H groups in total. The van der Waals surface area contributed by atoms with Gasteiger partial charge in [0.25, 0.3) is 5.22 Å². The van der Waals surface area contributed by atoms with Crippen LogP contribution in [0.25, 0.3) is 11.5 Å². The first-order valence-electron chi connectivity index (χ1n) is 6.90. The fourth-order valence-electron chi connectivity index (χ4n) is 2.24. The molecule has 0 atom stereocenters. The van der Waals surface area contributed by atoms with E-state index in [1.165, 1.54) is 17.8 Å². The van der Waals surface area contributed by atoms with E-state index in [1.54, 1.807) is 12.1 Å². The molecule has 0 unspecified atom stereocenters. The molecule has 0 saturated heterocycles. The van der Waals surface area contributed by atoms with Gasteiger partial charge in [-0.2, -0.15) is 0 Å². The zero-order chi connectivity index (χ0) is 15.5. The highest BCUT2D eigenvalue weighted by Gasteiger charge is 2.11. The van der Waals surface area contributed by atoms with Crippen molar-refractivity contribution in [3.63, 3.8) is 0 Å². The van der Waals surface area contributed by atoms with E-state index in [1.807, 2.05) is 32.0 Å². The van der Waals surface area contributed by atoms with Crippen LogP contribution < -0.4 is 0 Å². The maximum atomic E-state index is 13.6. The number of halogens is 1. The molecule has 0 spiro atoms. The van der Waals surface area contributed by atoms with Gasteiger partial charge in [0.15, 0.2) is 0 Å². The van der Waals surface area contributed by atoms with Crippen LogP contribution in [0.5, 0.6) is 0 Å². The third-order valence-corrected chi connectivity index (χ3v) is 4.05. The molecule has 1 aromatic heterocycles. The highest BCUT2D eigenvalue weighted by atomic mass is 32.2. The van der Waals surface area contributed by atoms with Crippen LogP contribution in [0.15, 0.2) is 52.1 Å². The second-order valence-corrected chi connectivity index (χ2v) is 6.06. The van der Waals surface area contributed by atoms with Crippen molar-refractivity contribution in [2.75, 3.05) is 0 Å². The van der Waals surface area contributed by atoms with E-state index < -0.39 is 0 Å². The molecule has 0 aliphatic carbocycles. The van der Waals surface area contributed by atoms with E-state index in [4.69, 9.17) is 4.42 Å². The van der Waals surface area contributed by atoms with Crippen molar-refractivity contribution in [1.82, 2.24) is 10.2 Å². The van der Waals surface area contributed by atoms with Gasteiger partial charge in [-0.25, -0.2) is 4.39 Å². The van der Waals surface area contributed by atoms with Gasteiger partial charge in [0.05, 0.1) is 0 Å². The number of hydrogen-bond acceptors (Lipinski definition) is 4. The molecular weight excluding hydrogens is 299 g/mol. The van der Waals surface area contributed by atoms with Crippen molar-refractivity contribution in [1.29, 1.82) is 0 Å². The molecule has 2 aromatic carbocycles. The summed E-state index contributed by atoms with van der Waals surface area (Å²) in [6.07, 6.45) is 0. The van der Waals surface area contributed by atoms with Gasteiger partial charge in [-0.1, -0.05) is 47.2 Å². The smallest absolute Gasteiger partial charge is 0.277 e. The summed E-state index contributed by atoms with van der Waals surface area (Å²) in [5, 5.41) is 8.53. The first-order chi connectivity index (χ1) is 10.6. The van der Waals surface area contributed by atoms with Crippen LogP contribution in [0.3, 0.4) is 0 Å². The fraction of sp³-hybridized carbons (Fsp3) is 0.176. The Morgan fingerprint density at radius 1 is 1.05 bits per heavy atom. The van der Waals surface area contributed by atoms with E-state index in [9.17, 15) is 4.39 Å². The van der Waals surface area contributed by atoms with E-state index in [-0.39, 0.29) is 5.82 Å². The third kappa shape index (κ3) is 3.36. The fourth-order valence-corrected chi connectivity index (χ4v) is 2.99. The molecule has 0 radical (unpaired) electrons. The lowest BCUT2D eigenvalue weighted by Crippen LogP contribution is -1.86. The SMILES string of the molecule is Cc1cc(C)cc(-c2nnc(SCc3ccccc3F)o2)c1. The largest absolute Gasteiger partial charge is 0.411 e. The molecule has 22 heavy (non-hydrogen) atoms. The molecule has 0 aliphatic heterocycles.